The van der Waals surface area contributed by atoms with Gasteiger partial charge in [0.15, 0.2) is 5.82 Å². The zero-order valence-corrected chi connectivity index (χ0v) is 13.5. The average Bonchev–Trinajstić information content (AvgIpc) is 3.16. The molecule has 1 fully saturated rings. The summed E-state index contributed by atoms with van der Waals surface area (Å²) in [4.78, 5) is 0. The monoisotopic (exact) mass is 317 g/mol. The zero-order chi connectivity index (χ0) is 14.2. The molecule has 0 radical (unpaired) electrons. The molecule has 2 aromatic rings. The van der Waals surface area contributed by atoms with E-state index in [0.29, 0.717) is 5.92 Å². The molecule has 2 aliphatic rings. The van der Waals surface area contributed by atoms with Gasteiger partial charge in [0.25, 0.3) is 0 Å². The van der Waals surface area contributed by atoms with Crippen molar-refractivity contribution in [2.45, 2.75) is 43.1 Å². The van der Waals surface area contributed by atoms with E-state index in [0.717, 1.165) is 23.0 Å². The minimum atomic E-state index is 0.112. The summed E-state index contributed by atoms with van der Waals surface area (Å²) in [6.45, 7) is 0. The van der Waals surface area contributed by atoms with Gasteiger partial charge in [-0.15, -0.1) is 9.45 Å². The standard InChI is InChI=1S/C16H19N3S2/c20-21-9-12-5-6-14(7-13(12)10-21)17-16-8-15(18-19-16)11-3-1-2-4-11/h5-8,11H,1-4,9-10H2,(H2,17,18,19). The van der Waals surface area contributed by atoms with Crippen LogP contribution in [0, 0.1) is 0 Å². The lowest BCUT2D eigenvalue weighted by molar-refractivity contribution is 0.693. The maximum absolute atomic E-state index is 5.43. The van der Waals surface area contributed by atoms with Gasteiger partial charge in [-0.05, 0) is 36.1 Å². The van der Waals surface area contributed by atoms with E-state index in [-0.39, 0.29) is 9.45 Å². The van der Waals surface area contributed by atoms with Gasteiger partial charge >= 0.3 is 0 Å². The molecule has 1 unspecified atom stereocenters. The molecule has 5 heteroatoms. The van der Waals surface area contributed by atoms with E-state index in [1.54, 1.807) is 0 Å². The van der Waals surface area contributed by atoms with Crippen LogP contribution in [0.25, 0.3) is 0 Å². The second kappa shape index (κ2) is 5.54. The van der Waals surface area contributed by atoms with E-state index in [1.165, 1.54) is 42.5 Å². The molecule has 0 amide bonds. The van der Waals surface area contributed by atoms with Gasteiger partial charge in [0.2, 0.25) is 0 Å². The molecule has 0 bridgehead atoms. The van der Waals surface area contributed by atoms with Crippen molar-refractivity contribution >= 4 is 32.1 Å². The first-order valence-corrected chi connectivity index (χ1v) is 10.1. The van der Waals surface area contributed by atoms with Crippen LogP contribution in [-0.4, -0.2) is 10.2 Å². The van der Waals surface area contributed by atoms with Crippen molar-refractivity contribution in [3.05, 3.63) is 41.1 Å². The highest BCUT2D eigenvalue weighted by Gasteiger charge is 2.19. The number of fused-ring (bicyclic) bond motifs is 1. The highest BCUT2D eigenvalue weighted by atomic mass is 32.8. The largest absolute Gasteiger partial charge is 0.339 e. The van der Waals surface area contributed by atoms with Gasteiger partial charge in [-0.1, -0.05) is 30.1 Å². The number of anilines is 2. The van der Waals surface area contributed by atoms with Crippen LogP contribution in [-0.2, 0) is 32.1 Å². The molecule has 1 aromatic carbocycles. The SMILES string of the molecule is S=S1Cc2ccc(Nc3cc(C4CCCC4)[nH]n3)cc2C1. The number of H-pyrrole nitrogens is 1. The summed E-state index contributed by atoms with van der Waals surface area (Å²) in [7, 11) is 0.112. The van der Waals surface area contributed by atoms with Crippen molar-refractivity contribution in [3.8, 4) is 0 Å². The van der Waals surface area contributed by atoms with Crippen molar-refractivity contribution in [3.63, 3.8) is 0 Å². The Labute approximate surface area is 132 Å². The van der Waals surface area contributed by atoms with Crippen LogP contribution in [0.4, 0.5) is 11.5 Å². The van der Waals surface area contributed by atoms with Gasteiger partial charge < -0.3 is 5.32 Å². The molecule has 0 spiro atoms. The number of aromatic amines is 1. The van der Waals surface area contributed by atoms with Crippen LogP contribution in [0.1, 0.15) is 48.4 Å². The normalized spacial score (nSPS) is 21.6. The first-order chi connectivity index (χ1) is 10.3. The molecule has 1 aliphatic heterocycles. The molecule has 4 rings (SSSR count). The topological polar surface area (TPSA) is 40.7 Å². The van der Waals surface area contributed by atoms with E-state index < -0.39 is 0 Å². The van der Waals surface area contributed by atoms with Gasteiger partial charge in [0.05, 0.1) is 0 Å². The van der Waals surface area contributed by atoms with E-state index in [2.05, 4.69) is 39.8 Å². The predicted octanol–water partition coefficient (Wildman–Crippen LogP) is 3.90. The summed E-state index contributed by atoms with van der Waals surface area (Å²) in [5, 5.41) is 11.0. The Morgan fingerprint density at radius 3 is 2.81 bits per heavy atom. The summed E-state index contributed by atoms with van der Waals surface area (Å²) < 4.78 is 0. The quantitative estimate of drug-likeness (QED) is 0.902. The fraction of sp³-hybridized carbons (Fsp3) is 0.438. The predicted molar refractivity (Wildman–Crippen MR) is 91.7 cm³/mol. The van der Waals surface area contributed by atoms with E-state index in [1.807, 2.05) is 0 Å². The van der Waals surface area contributed by atoms with E-state index >= 15 is 0 Å². The van der Waals surface area contributed by atoms with Crippen LogP contribution in [0.2, 0.25) is 0 Å². The van der Waals surface area contributed by atoms with Crippen LogP contribution in [0.3, 0.4) is 0 Å². The third-order valence-electron chi connectivity index (χ3n) is 4.50. The molecule has 2 N–H and O–H groups in total. The molecular weight excluding hydrogens is 298 g/mol. The molecule has 2 heterocycles. The maximum atomic E-state index is 5.43. The van der Waals surface area contributed by atoms with Gasteiger partial charge in [-0.25, -0.2) is 0 Å². The van der Waals surface area contributed by atoms with Gasteiger partial charge in [-0.2, -0.15) is 5.10 Å². The van der Waals surface area contributed by atoms with E-state index in [9.17, 15) is 0 Å². The number of aromatic nitrogens is 2. The fourth-order valence-electron chi connectivity index (χ4n) is 3.37. The third kappa shape index (κ3) is 2.77. The molecule has 110 valence electrons. The number of hydrogen-bond donors (Lipinski definition) is 2. The summed E-state index contributed by atoms with van der Waals surface area (Å²) in [6.07, 6.45) is 5.28. The van der Waals surface area contributed by atoms with Crippen LogP contribution >= 0.6 is 0 Å². The van der Waals surface area contributed by atoms with Gasteiger partial charge in [0.1, 0.15) is 0 Å². The van der Waals surface area contributed by atoms with Crippen molar-refractivity contribution in [2.75, 3.05) is 5.32 Å². The second-order valence-corrected chi connectivity index (χ2v) is 8.90. The van der Waals surface area contributed by atoms with Gasteiger partial charge in [0, 0.05) is 34.9 Å². The van der Waals surface area contributed by atoms with Crippen molar-refractivity contribution in [2.24, 2.45) is 0 Å². The minimum absolute atomic E-state index is 0.112. The van der Waals surface area contributed by atoms with E-state index in [4.69, 9.17) is 11.2 Å². The molecule has 1 aromatic heterocycles. The Kier molecular flexibility index (Phi) is 3.55. The smallest absolute Gasteiger partial charge is 0.152 e. The second-order valence-electron chi connectivity index (χ2n) is 6.03. The highest BCUT2D eigenvalue weighted by Crippen LogP contribution is 2.34. The fourth-order valence-corrected chi connectivity index (χ4v) is 5.48. The van der Waals surface area contributed by atoms with Crippen LogP contribution < -0.4 is 5.32 Å². The third-order valence-corrected chi connectivity index (χ3v) is 6.48. The van der Waals surface area contributed by atoms with Gasteiger partial charge in [-0.3, -0.25) is 5.10 Å². The first kappa shape index (κ1) is 13.5. The molecule has 1 atom stereocenters. The lowest BCUT2D eigenvalue weighted by Gasteiger charge is -2.05. The molecule has 1 aliphatic carbocycles. The van der Waals surface area contributed by atoms with Crippen molar-refractivity contribution < 1.29 is 0 Å². The maximum Gasteiger partial charge on any atom is 0.152 e. The number of rotatable bonds is 3. The Hall–Kier alpha value is -1.20. The molecule has 1 saturated carbocycles. The average molecular weight is 317 g/mol. The molecular formula is C16H19N3S2. The van der Waals surface area contributed by atoms with Crippen molar-refractivity contribution in [1.29, 1.82) is 0 Å². The summed E-state index contributed by atoms with van der Waals surface area (Å²) >= 11 is 5.43. The Morgan fingerprint density at radius 1 is 1.14 bits per heavy atom. The Bertz CT molecular complexity index is 687. The van der Waals surface area contributed by atoms with Crippen LogP contribution in [0.5, 0.6) is 0 Å². The Balaban J connectivity index is 1.51. The number of nitrogens with one attached hydrogen (secondary N) is 2. The Morgan fingerprint density at radius 2 is 1.95 bits per heavy atom. The first-order valence-electron chi connectivity index (χ1n) is 7.57. The number of hydrogen-bond acceptors (Lipinski definition) is 3. The molecule has 3 nitrogen and oxygen atoms in total. The lowest BCUT2D eigenvalue weighted by atomic mass is 10.0. The molecule has 21 heavy (non-hydrogen) atoms. The number of nitrogens with zero attached hydrogens (tertiary/aromatic N) is 1. The van der Waals surface area contributed by atoms with Crippen molar-refractivity contribution in [1.82, 2.24) is 10.2 Å². The minimum Gasteiger partial charge on any atom is -0.339 e. The number of benzene rings is 1. The molecule has 0 saturated heterocycles. The highest BCUT2D eigenvalue weighted by molar-refractivity contribution is 8.28. The van der Waals surface area contributed by atoms with Crippen LogP contribution in [0.15, 0.2) is 24.3 Å². The summed E-state index contributed by atoms with van der Waals surface area (Å²) in [6, 6.07) is 8.75. The lowest BCUT2D eigenvalue weighted by Crippen LogP contribution is -1.92. The zero-order valence-electron chi connectivity index (χ0n) is 11.9. The summed E-state index contributed by atoms with van der Waals surface area (Å²) in [5.41, 5.74) is 5.23. The summed E-state index contributed by atoms with van der Waals surface area (Å²) in [5.74, 6) is 3.72.